The van der Waals surface area contributed by atoms with E-state index in [0.29, 0.717) is 10.5 Å². The molecule has 2 rings (SSSR count). The second kappa shape index (κ2) is 2.64. The highest BCUT2D eigenvalue weighted by molar-refractivity contribution is 6.35. The normalized spacial score (nSPS) is 10.4. The number of phenols is 1. The van der Waals surface area contributed by atoms with E-state index in [1.54, 1.807) is 18.3 Å². The van der Waals surface area contributed by atoms with Crippen LogP contribution in [-0.2, 0) is 0 Å². The molecule has 2 aromatic rings. The summed E-state index contributed by atoms with van der Waals surface area (Å²) >= 11 is 5.85. The van der Waals surface area contributed by atoms with Crippen LogP contribution in [-0.4, -0.2) is 10.1 Å². The van der Waals surface area contributed by atoms with E-state index in [1.165, 1.54) is 6.07 Å². The lowest BCUT2D eigenvalue weighted by molar-refractivity contribution is 0.479. The van der Waals surface area contributed by atoms with Crippen molar-refractivity contribution in [3.63, 3.8) is 0 Å². The van der Waals surface area contributed by atoms with E-state index in [0.717, 1.165) is 5.39 Å². The van der Waals surface area contributed by atoms with Crippen molar-refractivity contribution < 1.29 is 5.11 Å². The summed E-state index contributed by atoms with van der Waals surface area (Å²) in [5.74, 6) is 0.0370. The molecule has 0 aliphatic heterocycles. The van der Waals surface area contributed by atoms with Crippen molar-refractivity contribution in [2.75, 3.05) is 0 Å². The Hall–Kier alpha value is -1.28. The minimum atomic E-state index is 0.0370. The fourth-order valence-electron chi connectivity index (χ4n) is 1.06. The van der Waals surface area contributed by atoms with Crippen molar-refractivity contribution in [1.29, 1.82) is 0 Å². The van der Waals surface area contributed by atoms with Crippen LogP contribution in [0.15, 0.2) is 24.4 Å². The molecule has 1 N–H and O–H groups in total. The second-order valence-electron chi connectivity index (χ2n) is 2.38. The Balaban J connectivity index is 2.95. The number of halogens is 1. The molecule has 1 aromatic heterocycles. The number of pyridine rings is 1. The first-order valence-corrected chi connectivity index (χ1v) is 3.81. The molecule has 0 aliphatic rings. The highest BCUT2D eigenvalue weighted by Crippen LogP contribution is 2.27. The zero-order valence-corrected chi connectivity index (χ0v) is 6.84. The molecule has 0 spiro atoms. The van der Waals surface area contributed by atoms with Crippen molar-refractivity contribution in [3.8, 4) is 5.75 Å². The maximum Gasteiger partial charge on any atom is 0.149 e. The minimum absolute atomic E-state index is 0.0370. The molecule has 0 fully saturated rings. The topological polar surface area (TPSA) is 33.1 Å². The van der Waals surface area contributed by atoms with Gasteiger partial charge in [0.25, 0.3) is 0 Å². The number of fused-ring (bicyclic) bond motifs is 1. The first-order valence-electron chi connectivity index (χ1n) is 3.43. The maximum absolute atomic E-state index is 9.32. The van der Waals surface area contributed by atoms with Gasteiger partial charge in [-0.1, -0.05) is 11.6 Å². The predicted molar refractivity (Wildman–Crippen MR) is 47.3 cm³/mol. The van der Waals surface area contributed by atoms with Crippen molar-refractivity contribution >= 4 is 22.5 Å². The molecule has 0 aliphatic carbocycles. The number of rotatable bonds is 0. The van der Waals surface area contributed by atoms with Crippen LogP contribution in [0.3, 0.4) is 0 Å². The second-order valence-corrected chi connectivity index (χ2v) is 2.79. The van der Waals surface area contributed by atoms with E-state index in [4.69, 9.17) is 11.6 Å². The molecule has 0 saturated heterocycles. The Kier molecular flexibility index (Phi) is 1.62. The lowest BCUT2D eigenvalue weighted by Crippen LogP contribution is -1.79. The first kappa shape index (κ1) is 7.37. The molecule has 3 heteroatoms. The van der Waals surface area contributed by atoms with Gasteiger partial charge in [0.15, 0.2) is 0 Å². The molecule has 1 heterocycles. The first-order chi connectivity index (χ1) is 5.79. The summed E-state index contributed by atoms with van der Waals surface area (Å²) in [6.45, 7) is 0. The summed E-state index contributed by atoms with van der Waals surface area (Å²) < 4.78 is 0. The quantitative estimate of drug-likeness (QED) is 0.672. The Morgan fingerprint density at radius 1 is 1.50 bits per heavy atom. The van der Waals surface area contributed by atoms with Gasteiger partial charge in [0.2, 0.25) is 0 Å². The number of hydrogen-bond donors (Lipinski definition) is 1. The number of hydrogen-bond acceptors (Lipinski definition) is 2. The van der Waals surface area contributed by atoms with Gasteiger partial charge >= 0.3 is 0 Å². The molecule has 12 heavy (non-hydrogen) atoms. The van der Waals surface area contributed by atoms with Gasteiger partial charge in [-0.3, -0.25) is 4.98 Å². The number of phenolic OH excluding ortho intramolecular Hbond substituents is 1. The van der Waals surface area contributed by atoms with Crippen LogP contribution in [0, 0.1) is 6.07 Å². The summed E-state index contributed by atoms with van der Waals surface area (Å²) in [6.07, 6.45) is 1.60. The fraction of sp³-hybridized carbons (Fsp3) is 0. The maximum atomic E-state index is 9.32. The van der Waals surface area contributed by atoms with Gasteiger partial charge in [-0.05, 0) is 18.2 Å². The highest BCUT2D eigenvalue weighted by atomic mass is 35.5. The molecule has 1 aromatic carbocycles. The molecular formula is C9H5ClNO. The third-order valence-corrected chi connectivity index (χ3v) is 1.94. The molecule has 59 valence electrons. The zero-order chi connectivity index (χ0) is 8.55. The predicted octanol–water partition coefficient (Wildman–Crippen LogP) is 2.39. The van der Waals surface area contributed by atoms with E-state index in [9.17, 15) is 5.11 Å². The van der Waals surface area contributed by atoms with Crippen molar-refractivity contribution in [2.24, 2.45) is 0 Å². The summed E-state index contributed by atoms with van der Waals surface area (Å²) in [7, 11) is 0. The molecule has 0 saturated carbocycles. The zero-order valence-electron chi connectivity index (χ0n) is 6.08. The average Bonchev–Trinajstić information content (AvgIpc) is 2.12. The third kappa shape index (κ3) is 1.01. The number of nitrogens with zero attached hydrogens (tertiary/aromatic N) is 1. The van der Waals surface area contributed by atoms with Gasteiger partial charge in [-0.25, -0.2) is 0 Å². The van der Waals surface area contributed by atoms with Crippen LogP contribution in [0.2, 0.25) is 5.02 Å². The lowest BCUT2D eigenvalue weighted by atomic mass is 10.2. The summed E-state index contributed by atoms with van der Waals surface area (Å²) in [5, 5.41) is 10.6. The van der Waals surface area contributed by atoms with Crippen LogP contribution < -0.4 is 0 Å². The van der Waals surface area contributed by atoms with E-state index >= 15 is 0 Å². The molecular weight excluding hydrogens is 174 g/mol. The highest BCUT2D eigenvalue weighted by Gasteiger charge is 2.03. The number of aromatic nitrogens is 1. The van der Waals surface area contributed by atoms with Gasteiger partial charge in [0, 0.05) is 17.6 Å². The Bertz CT molecular complexity index is 387. The van der Waals surface area contributed by atoms with Crippen LogP contribution in [0.5, 0.6) is 5.75 Å². The molecule has 0 amide bonds. The summed E-state index contributed by atoms with van der Waals surface area (Å²) in [6, 6.07) is 7.71. The molecule has 2 nitrogen and oxygen atoms in total. The number of aromatic hydroxyl groups is 1. The Morgan fingerprint density at radius 3 is 3.08 bits per heavy atom. The average molecular weight is 179 g/mol. The van der Waals surface area contributed by atoms with E-state index in [-0.39, 0.29) is 5.75 Å². The van der Waals surface area contributed by atoms with Gasteiger partial charge in [0.05, 0.1) is 5.02 Å². The largest absolute Gasteiger partial charge is 0.505 e. The van der Waals surface area contributed by atoms with Crippen molar-refractivity contribution in [2.45, 2.75) is 0 Å². The van der Waals surface area contributed by atoms with Gasteiger partial charge in [-0.2, -0.15) is 0 Å². The summed E-state index contributed by atoms with van der Waals surface area (Å²) in [4.78, 5) is 3.98. The third-order valence-electron chi connectivity index (χ3n) is 1.62. The van der Waals surface area contributed by atoms with Gasteiger partial charge < -0.3 is 5.11 Å². The van der Waals surface area contributed by atoms with Gasteiger partial charge in [0.1, 0.15) is 11.3 Å². The van der Waals surface area contributed by atoms with Crippen LogP contribution in [0.4, 0.5) is 0 Å². The molecule has 0 bridgehead atoms. The minimum Gasteiger partial charge on any atom is -0.505 e. The SMILES string of the molecule is Oc1[c]cc(Cl)c2cccnc12. The molecule has 1 radical (unpaired) electrons. The van der Waals surface area contributed by atoms with Crippen LogP contribution in [0.25, 0.3) is 10.9 Å². The number of benzene rings is 1. The van der Waals surface area contributed by atoms with E-state index < -0.39 is 0 Å². The van der Waals surface area contributed by atoms with E-state index in [2.05, 4.69) is 11.1 Å². The standard InChI is InChI=1S/C9H5ClNO/c10-7-3-4-8(12)9-6(7)2-1-5-11-9/h1-3,5,12H. The Morgan fingerprint density at radius 2 is 2.33 bits per heavy atom. The smallest absolute Gasteiger partial charge is 0.149 e. The van der Waals surface area contributed by atoms with Crippen molar-refractivity contribution in [1.82, 2.24) is 4.98 Å². The Labute approximate surface area is 74.4 Å². The monoisotopic (exact) mass is 178 g/mol. The van der Waals surface area contributed by atoms with Crippen molar-refractivity contribution in [3.05, 3.63) is 35.5 Å². The van der Waals surface area contributed by atoms with E-state index in [1.807, 2.05) is 0 Å². The molecule has 0 atom stereocenters. The summed E-state index contributed by atoms with van der Waals surface area (Å²) in [5.41, 5.74) is 0.491. The van der Waals surface area contributed by atoms with Gasteiger partial charge in [-0.15, -0.1) is 0 Å². The van der Waals surface area contributed by atoms with Crippen LogP contribution in [0.1, 0.15) is 0 Å². The molecule has 0 unspecified atom stereocenters. The lowest BCUT2D eigenvalue weighted by Gasteiger charge is -1.99. The fourth-order valence-corrected chi connectivity index (χ4v) is 1.27. The van der Waals surface area contributed by atoms with Crippen LogP contribution >= 0.6 is 11.6 Å².